The van der Waals surface area contributed by atoms with Crippen LogP contribution in [0.15, 0.2) is 40.7 Å². The number of Topliss-reactive ketones (excluding diaryl/α,β-unsaturated/α-hetero) is 1. The van der Waals surface area contributed by atoms with Gasteiger partial charge in [0.2, 0.25) is 0 Å². The number of carbonyl (C=O) groups is 2. The van der Waals surface area contributed by atoms with Crippen molar-refractivity contribution in [2.24, 2.45) is 0 Å². The zero-order valence-electron chi connectivity index (χ0n) is 19.1. The summed E-state index contributed by atoms with van der Waals surface area (Å²) in [5.74, 6) is -0.0340. The van der Waals surface area contributed by atoms with Gasteiger partial charge in [-0.3, -0.25) is 4.79 Å². The van der Waals surface area contributed by atoms with Crippen molar-refractivity contribution >= 4 is 11.8 Å². The summed E-state index contributed by atoms with van der Waals surface area (Å²) in [4.78, 5) is 26.3. The van der Waals surface area contributed by atoms with Crippen molar-refractivity contribution in [1.82, 2.24) is 5.32 Å². The lowest BCUT2D eigenvalue weighted by molar-refractivity contribution is -0.142. The van der Waals surface area contributed by atoms with Crippen molar-refractivity contribution in [3.05, 3.63) is 46.3 Å². The van der Waals surface area contributed by atoms with Gasteiger partial charge >= 0.3 is 5.97 Å². The number of aliphatic hydroxyl groups excluding tert-OH is 1. The molecule has 1 saturated heterocycles. The number of ketones is 1. The van der Waals surface area contributed by atoms with Crippen LogP contribution in [0.5, 0.6) is 11.5 Å². The molecule has 3 aliphatic rings. The van der Waals surface area contributed by atoms with E-state index in [1.807, 2.05) is 13.0 Å². The first-order valence-corrected chi connectivity index (χ1v) is 11.5. The molecule has 0 spiro atoms. The van der Waals surface area contributed by atoms with E-state index in [-0.39, 0.29) is 31.7 Å². The predicted molar refractivity (Wildman–Crippen MR) is 120 cm³/mol. The molecule has 8 nitrogen and oxygen atoms in total. The molecule has 4 rings (SSSR count). The minimum Gasteiger partial charge on any atom is -0.493 e. The van der Waals surface area contributed by atoms with E-state index in [9.17, 15) is 9.59 Å². The van der Waals surface area contributed by atoms with Crippen LogP contribution in [0.4, 0.5) is 0 Å². The third kappa shape index (κ3) is 4.91. The van der Waals surface area contributed by atoms with Crippen molar-refractivity contribution in [3.63, 3.8) is 0 Å². The first kappa shape index (κ1) is 23.3. The number of hydrogen-bond acceptors (Lipinski definition) is 8. The van der Waals surface area contributed by atoms with Crippen molar-refractivity contribution in [2.45, 2.75) is 51.0 Å². The maximum Gasteiger partial charge on any atom is 0.336 e. The van der Waals surface area contributed by atoms with Crippen LogP contribution in [0.25, 0.3) is 0 Å². The Kier molecular flexibility index (Phi) is 7.35. The standard InChI is InChI=1S/C25H31NO7/c1-15-22(25(29)33-14-17-5-4-11-31-17)23(24-18(26-15)6-3-7-19(24)28)16-8-9-20(32-12-10-27)21(13-16)30-2/h8-9,13,17,23,26-27H,3-7,10-12,14H2,1-2H3/t17-,23-/m1/s1. The van der Waals surface area contributed by atoms with Gasteiger partial charge in [0.05, 0.1) is 25.4 Å². The van der Waals surface area contributed by atoms with Crippen LogP contribution < -0.4 is 14.8 Å². The maximum atomic E-state index is 13.3. The van der Waals surface area contributed by atoms with Crippen LogP contribution >= 0.6 is 0 Å². The van der Waals surface area contributed by atoms with Gasteiger partial charge in [0.1, 0.15) is 13.2 Å². The summed E-state index contributed by atoms with van der Waals surface area (Å²) in [6.45, 7) is 2.74. The SMILES string of the molecule is COc1cc([C@@H]2C(C(=O)OC[C@H]3CCCO3)=C(C)NC3=C2C(=O)CCC3)ccc1OCCO. The quantitative estimate of drug-likeness (QED) is 0.575. The summed E-state index contributed by atoms with van der Waals surface area (Å²) >= 11 is 0. The zero-order chi connectivity index (χ0) is 23.4. The highest BCUT2D eigenvalue weighted by molar-refractivity contribution is 6.03. The molecule has 2 N–H and O–H groups in total. The largest absolute Gasteiger partial charge is 0.493 e. The highest BCUT2D eigenvalue weighted by Gasteiger charge is 2.39. The van der Waals surface area contributed by atoms with Gasteiger partial charge in [-0.05, 0) is 50.3 Å². The highest BCUT2D eigenvalue weighted by atomic mass is 16.6. The Labute approximate surface area is 193 Å². The molecule has 0 unspecified atom stereocenters. The molecule has 0 saturated carbocycles. The van der Waals surface area contributed by atoms with Crippen molar-refractivity contribution in [1.29, 1.82) is 0 Å². The normalized spacial score (nSPS) is 22.7. The van der Waals surface area contributed by atoms with E-state index < -0.39 is 11.9 Å². The average molecular weight is 458 g/mol. The zero-order valence-corrected chi connectivity index (χ0v) is 19.1. The molecule has 178 valence electrons. The third-order valence-corrected chi connectivity index (χ3v) is 6.29. The summed E-state index contributed by atoms with van der Waals surface area (Å²) in [5, 5.41) is 12.4. The predicted octanol–water partition coefficient (Wildman–Crippen LogP) is 2.76. The van der Waals surface area contributed by atoms with Gasteiger partial charge in [-0.1, -0.05) is 6.07 Å². The Balaban J connectivity index is 1.70. The molecule has 0 amide bonds. The van der Waals surface area contributed by atoms with Crippen LogP contribution in [0.3, 0.4) is 0 Å². The Bertz CT molecular complexity index is 975. The van der Waals surface area contributed by atoms with Gasteiger partial charge in [0, 0.05) is 35.9 Å². The number of hydrogen-bond donors (Lipinski definition) is 2. The van der Waals surface area contributed by atoms with Gasteiger partial charge < -0.3 is 29.4 Å². The molecular weight excluding hydrogens is 426 g/mol. The lowest BCUT2D eigenvalue weighted by Gasteiger charge is -2.34. The van der Waals surface area contributed by atoms with E-state index >= 15 is 0 Å². The van der Waals surface area contributed by atoms with E-state index in [4.69, 9.17) is 24.1 Å². The molecule has 1 aliphatic carbocycles. The number of carbonyl (C=O) groups excluding carboxylic acids is 2. The summed E-state index contributed by atoms with van der Waals surface area (Å²) in [7, 11) is 1.53. The van der Waals surface area contributed by atoms with E-state index in [0.717, 1.165) is 36.9 Å². The van der Waals surface area contributed by atoms with Gasteiger partial charge in [-0.15, -0.1) is 0 Å². The first-order chi connectivity index (χ1) is 16.0. The highest BCUT2D eigenvalue weighted by Crippen LogP contribution is 2.44. The Morgan fingerprint density at radius 1 is 1.24 bits per heavy atom. The molecule has 33 heavy (non-hydrogen) atoms. The second-order valence-corrected chi connectivity index (χ2v) is 8.48. The Morgan fingerprint density at radius 3 is 2.82 bits per heavy atom. The topological polar surface area (TPSA) is 103 Å². The summed E-state index contributed by atoms with van der Waals surface area (Å²) in [6, 6.07) is 5.36. The lowest BCUT2D eigenvalue weighted by atomic mass is 9.75. The van der Waals surface area contributed by atoms with Crippen LogP contribution in [0.2, 0.25) is 0 Å². The molecular formula is C25H31NO7. The van der Waals surface area contributed by atoms with Crippen molar-refractivity contribution in [3.8, 4) is 11.5 Å². The van der Waals surface area contributed by atoms with Gasteiger partial charge in [-0.2, -0.15) is 0 Å². The van der Waals surface area contributed by atoms with Crippen molar-refractivity contribution < 1.29 is 33.6 Å². The van der Waals surface area contributed by atoms with Crippen LogP contribution in [-0.2, 0) is 19.1 Å². The van der Waals surface area contributed by atoms with E-state index in [2.05, 4.69) is 5.32 Å². The molecule has 1 aromatic carbocycles. The molecule has 2 aliphatic heterocycles. The third-order valence-electron chi connectivity index (χ3n) is 6.29. The number of dihydropyridines is 1. The maximum absolute atomic E-state index is 13.3. The number of methoxy groups -OCH3 is 1. The number of ether oxygens (including phenoxy) is 4. The molecule has 2 atom stereocenters. The minimum absolute atomic E-state index is 0.0326. The Hall–Kier alpha value is -2.84. The van der Waals surface area contributed by atoms with E-state index in [1.54, 1.807) is 12.1 Å². The molecule has 0 radical (unpaired) electrons. The second-order valence-electron chi connectivity index (χ2n) is 8.48. The number of allylic oxidation sites excluding steroid dienone is 3. The fraction of sp³-hybridized carbons (Fsp3) is 0.520. The lowest BCUT2D eigenvalue weighted by Crippen LogP contribution is -2.35. The van der Waals surface area contributed by atoms with Gasteiger partial charge in [0.15, 0.2) is 17.3 Å². The van der Waals surface area contributed by atoms with E-state index in [1.165, 1.54) is 7.11 Å². The molecule has 1 aromatic rings. The average Bonchev–Trinajstić information content (AvgIpc) is 3.34. The number of nitrogens with one attached hydrogen (secondary N) is 1. The number of benzene rings is 1. The second kappa shape index (κ2) is 10.4. The molecule has 2 heterocycles. The van der Waals surface area contributed by atoms with Crippen molar-refractivity contribution in [2.75, 3.05) is 33.5 Å². The molecule has 0 bridgehead atoms. The van der Waals surface area contributed by atoms with Crippen LogP contribution in [-0.4, -0.2) is 56.5 Å². The smallest absolute Gasteiger partial charge is 0.336 e. The molecule has 1 fully saturated rings. The minimum atomic E-state index is -0.563. The fourth-order valence-electron chi connectivity index (χ4n) is 4.75. The van der Waals surface area contributed by atoms with Gasteiger partial charge in [0.25, 0.3) is 0 Å². The summed E-state index contributed by atoms with van der Waals surface area (Å²) in [5.41, 5.74) is 3.33. The number of rotatable bonds is 8. The van der Waals surface area contributed by atoms with E-state index in [0.29, 0.717) is 41.4 Å². The monoisotopic (exact) mass is 457 g/mol. The molecule has 0 aromatic heterocycles. The molecule has 8 heteroatoms. The Morgan fingerprint density at radius 2 is 2.09 bits per heavy atom. The van der Waals surface area contributed by atoms with Gasteiger partial charge in [-0.25, -0.2) is 4.79 Å². The fourth-order valence-corrected chi connectivity index (χ4v) is 4.75. The number of aliphatic hydroxyl groups is 1. The first-order valence-electron chi connectivity index (χ1n) is 11.5. The summed E-state index contributed by atoms with van der Waals surface area (Å²) in [6.07, 6.45) is 3.72. The van der Waals surface area contributed by atoms with Crippen LogP contribution in [0.1, 0.15) is 50.5 Å². The summed E-state index contributed by atoms with van der Waals surface area (Å²) < 4.78 is 22.3. The number of esters is 1. The van der Waals surface area contributed by atoms with Crippen LogP contribution in [0, 0.1) is 0 Å².